The van der Waals surface area contributed by atoms with Gasteiger partial charge in [-0.15, -0.1) is 0 Å². The number of esters is 1. The van der Waals surface area contributed by atoms with Crippen molar-refractivity contribution in [1.82, 2.24) is 5.32 Å². The van der Waals surface area contributed by atoms with Gasteiger partial charge in [0, 0.05) is 13.0 Å². The van der Waals surface area contributed by atoms with E-state index in [-0.39, 0.29) is 18.9 Å². The van der Waals surface area contributed by atoms with Gasteiger partial charge < -0.3 is 19.5 Å². The highest BCUT2D eigenvalue weighted by molar-refractivity contribution is 5.80. The van der Waals surface area contributed by atoms with E-state index in [2.05, 4.69) is 5.32 Å². The molecule has 0 spiro atoms. The third-order valence-corrected chi connectivity index (χ3v) is 3.55. The number of nitrogens with one attached hydrogen (secondary N) is 1. The Kier molecular flexibility index (Phi) is 7.99. The number of amides is 1. The number of hydrogen-bond donors (Lipinski definition) is 1. The number of ether oxygens (including phenoxy) is 3. The molecule has 0 aliphatic heterocycles. The Morgan fingerprint density at radius 2 is 1.69 bits per heavy atom. The molecule has 138 valence electrons. The third kappa shape index (κ3) is 7.25. The average molecular weight is 357 g/mol. The van der Waals surface area contributed by atoms with Gasteiger partial charge in [0.05, 0.1) is 13.7 Å². The van der Waals surface area contributed by atoms with Crippen LogP contribution in [-0.4, -0.2) is 32.2 Å². The Bertz CT molecular complexity index is 685. The number of carbonyl (C=O) groups excluding carboxylic acids is 2. The van der Waals surface area contributed by atoms with Gasteiger partial charge >= 0.3 is 5.97 Å². The third-order valence-electron chi connectivity index (χ3n) is 3.55. The Hall–Kier alpha value is -3.02. The van der Waals surface area contributed by atoms with Crippen LogP contribution in [0.4, 0.5) is 0 Å². The first-order valence-corrected chi connectivity index (χ1v) is 8.40. The number of methoxy groups -OCH3 is 1. The van der Waals surface area contributed by atoms with Crippen molar-refractivity contribution in [3.8, 4) is 11.5 Å². The van der Waals surface area contributed by atoms with Crippen molar-refractivity contribution in [3.05, 3.63) is 60.2 Å². The van der Waals surface area contributed by atoms with Gasteiger partial charge in [-0.1, -0.05) is 30.3 Å². The number of carbonyl (C=O) groups is 2. The topological polar surface area (TPSA) is 73.9 Å². The molecule has 0 radical (unpaired) electrons. The zero-order valence-corrected chi connectivity index (χ0v) is 14.8. The van der Waals surface area contributed by atoms with Crippen LogP contribution in [0.5, 0.6) is 11.5 Å². The zero-order chi connectivity index (χ0) is 18.6. The van der Waals surface area contributed by atoms with Gasteiger partial charge in [-0.25, -0.2) is 0 Å². The largest absolute Gasteiger partial charge is 0.497 e. The monoisotopic (exact) mass is 357 g/mol. The van der Waals surface area contributed by atoms with Gasteiger partial charge in [-0.05, 0) is 36.2 Å². The summed E-state index contributed by atoms with van der Waals surface area (Å²) in [6.07, 6.45) is 0.736. The van der Waals surface area contributed by atoms with Crippen LogP contribution in [0.25, 0.3) is 0 Å². The smallest absolute Gasteiger partial charge is 0.306 e. The molecule has 6 nitrogen and oxygen atoms in total. The molecule has 0 atom stereocenters. The van der Waals surface area contributed by atoms with Crippen molar-refractivity contribution in [3.63, 3.8) is 0 Å². The van der Waals surface area contributed by atoms with E-state index in [0.29, 0.717) is 19.6 Å². The first kappa shape index (κ1) is 19.3. The fraction of sp³-hybridized carbons (Fsp3) is 0.300. The van der Waals surface area contributed by atoms with Crippen LogP contribution in [-0.2, 0) is 20.9 Å². The van der Waals surface area contributed by atoms with Crippen molar-refractivity contribution in [2.75, 3.05) is 20.3 Å². The Labute approximate surface area is 153 Å². The van der Waals surface area contributed by atoms with Gasteiger partial charge in [0.15, 0.2) is 6.61 Å². The Morgan fingerprint density at radius 3 is 2.38 bits per heavy atom. The molecule has 0 saturated heterocycles. The van der Waals surface area contributed by atoms with E-state index < -0.39 is 5.97 Å². The number of rotatable bonds is 10. The quantitative estimate of drug-likeness (QED) is 0.523. The second-order valence-corrected chi connectivity index (χ2v) is 5.55. The summed E-state index contributed by atoms with van der Waals surface area (Å²) in [5.74, 6) is 0.764. The molecule has 2 aromatic rings. The lowest BCUT2D eigenvalue weighted by molar-refractivity contribution is -0.148. The van der Waals surface area contributed by atoms with Gasteiger partial charge in [0.25, 0.3) is 5.91 Å². The van der Waals surface area contributed by atoms with Crippen molar-refractivity contribution in [1.29, 1.82) is 0 Å². The van der Waals surface area contributed by atoms with Crippen LogP contribution in [0.1, 0.15) is 18.4 Å². The molecule has 1 N–H and O–H groups in total. The summed E-state index contributed by atoms with van der Waals surface area (Å²) in [5.41, 5.74) is 0.934. The summed E-state index contributed by atoms with van der Waals surface area (Å²) in [7, 11) is 1.60. The first-order valence-electron chi connectivity index (χ1n) is 8.40. The van der Waals surface area contributed by atoms with Crippen LogP contribution in [0.3, 0.4) is 0 Å². The van der Waals surface area contributed by atoms with Gasteiger partial charge in [0.1, 0.15) is 11.5 Å². The van der Waals surface area contributed by atoms with E-state index in [9.17, 15) is 9.59 Å². The van der Waals surface area contributed by atoms with Crippen LogP contribution in [0, 0.1) is 0 Å². The Balaban J connectivity index is 1.55. The van der Waals surface area contributed by atoms with E-state index in [1.54, 1.807) is 7.11 Å². The normalized spacial score (nSPS) is 10.0. The van der Waals surface area contributed by atoms with Crippen molar-refractivity contribution >= 4 is 11.9 Å². The van der Waals surface area contributed by atoms with Crippen LogP contribution < -0.4 is 14.8 Å². The zero-order valence-electron chi connectivity index (χ0n) is 14.8. The lowest BCUT2D eigenvalue weighted by Gasteiger charge is -2.08. The van der Waals surface area contributed by atoms with Crippen molar-refractivity contribution < 1.29 is 23.8 Å². The molecular weight excluding hydrogens is 334 g/mol. The van der Waals surface area contributed by atoms with Crippen molar-refractivity contribution in [2.24, 2.45) is 0 Å². The van der Waals surface area contributed by atoms with Gasteiger partial charge in [-0.3, -0.25) is 9.59 Å². The molecule has 0 aliphatic rings. The van der Waals surface area contributed by atoms with E-state index in [1.807, 2.05) is 54.6 Å². The molecule has 26 heavy (non-hydrogen) atoms. The highest BCUT2D eigenvalue weighted by Crippen LogP contribution is 2.11. The summed E-state index contributed by atoms with van der Waals surface area (Å²) >= 11 is 0. The van der Waals surface area contributed by atoms with Crippen molar-refractivity contribution in [2.45, 2.75) is 19.4 Å². The molecule has 6 heteroatoms. The summed E-state index contributed by atoms with van der Waals surface area (Å²) in [6.45, 7) is 0.503. The fourth-order valence-electron chi connectivity index (χ4n) is 2.14. The molecule has 1 amide bonds. The molecule has 0 fully saturated rings. The highest BCUT2D eigenvalue weighted by Gasteiger charge is 2.07. The van der Waals surface area contributed by atoms with Crippen LogP contribution in [0.2, 0.25) is 0 Å². The average Bonchev–Trinajstić information content (AvgIpc) is 2.69. The minimum absolute atomic E-state index is 0.207. The number of benzene rings is 2. The molecule has 2 aromatic carbocycles. The van der Waals surface area contributed by atoms with Crippen LogP contribution >= 0.6 is 0 Å². The fourth-order valence-corrected chi connectivity index (χ4v) is 2.14. The minimum atomic E-state index is -0.416. The summed E-state index contributed by atoms with van der Waals surface area (Å²) in [6, 6.07) is 16.7. The second-order valence-electron chi connectivity index (χ2n) is 5.55. The predicted octanol–water partition coefficient (Wildman–Crippen LogP) is 2.71. The molecule has 2 rings (SSSR count). The minimum Gasteiger partial charge on any atom is -0.497 e. The molecule has 0 aromatic heterocycles. The molecule has 0 aliphatic carbocycles. The standard InChI is InChI=1S/C20H23NO5/c1-24-17-11-9-16(10-12-17)14-21-19(22)15-26-20(23)8-5-13-25-18-6-3-2-4-7-18/h2-4,6-7,9-12H,5,8,13-15H2,1H3,(H,21,22). The lowest BCUT2D eigenvalue weighted by Crippen LogP contribution is -2.28. The number of hydrogen-bond acceptors (Lipinski definition) is 5. The summed E-state index contributed by atoms with van der Waals surface area (Å²) in [4.78, 5) is 23.4. The molecule has 0 unspecified atom stereocenters. The van der Waals surface area contributed by atoms with Gasteiger partial charge in [0.2, 0.25) is 0 Å². The van der Waals surface area contributed by atoms with E-state index in [1.165, 1.54) is 0 Å². The van der Waals surface area contributed by atoms with Crippen LogP contribution in [0.15, 0.2) is 54.6 Å². The lowest BCUT2D eigenvalue weighted by atomic mass is 10.2. The maximum absolute atomic E-state index is 11.7. The molecule has 0 bridgehead atoms. The summed E-state index contributed by atoms with van der Waals surface area (Å²) in [5, 5.41) is 2.70. The molecular formula is C20H23NO5. The van der Waals surface area contributed by atoms with Gasteiger partial charge in [-0.2, -0.15) is 0 Å². The predicted molar refractivity (Wildman–Crippen MR) is 97.0 cm³/mol. The number of para-hydroxylation sites is 1. The van der Waals surface area contributed by atoms with E-state index >= 15 is 0 Å². The molecule has 0 saturated carbocycles. The maximum atomic E-state index is 11.7. The van der Waals surface area contributed by atoms with E-state index in [0.717, 1.165) is 17.1 Å². The van der Waals surface area contributed by atoms with E-state index in [4.69, 9.17) is 14.2 Å². The summed E-state index contributed by atoms with van der Waals surface area (Å²) < 4.78 is 15.5. The SMILES string of the molecule is COc1ccc(CNC(=O)COC(=O)CCCOc2ccccc2)cc1. The second kappa shape index (κ2) is 10.8. The highest BCUT2D eigenvalue weighted by atomic mass is 16.5. The Morgan fingerprint density at radius 1 is 0.962 bits per heavy atom. The first-order chi connectivity index (χ1) is 12.7. The molecule has 0 heterocycles. The maximum Gasteiger partial charge on any atom is 0.306 e.